The minimum atomic E-state index is -0.401. The number of carbonyl (C=O) groups excluding carboxylic acids is 1. The molecule has 0 spiro atoms. The quantitative estimate of drug-likeness (QED) is 0.434. The van der Waals surface area contributed by atoms with E-state index in [-0.39, 0.29) is 11.6 Å². The Morgan fingerprint density at radius 1 is 1.52 bits per heavy atom. The second-order valence-electron chi connectivity index (χ2n) is 5.13. The summed E-state index contributed by atoms with van der Waals surface area (Å²) in [5.41, 5.74) is 9.95. The van der Waals surface area contributed by atoms with Gasteiger partial charge in [-0.1, -0.05) is 6.07 Å². The Balaban J connectivity index is 1.80. The van der Waals surface area contributed by atoms with Crippen molar-refractivity contribution in [2.75, 3.05) is 5.43 Å². The second kappa shape index (κ2) is 4.90. The lowest BCUT2D eigenvalue weighted by Crippen LogP contribution is -2.25. The molecule has 1 aromatic carbocycles. The number of rotatable bonds is 4. The molecule has 0 radical (unpaired) electrons. The zero-order valence-corrected chi connectivity index (χ0v) is 11.3. The van der Waals surface area contributed by atoms with Crippen molar-refractivity contribution in [2.45, 2.75) is 25.4 Å². The Labute approximate surface area is 121 Å². The zero-order chi connectivity index (χ0) is 15.0. The third-order valence-corrected chi connectivity index (χ3v) is 3.59. The summed E-state index contributed by atoms with van der Waals surface area (Å²) in [6.07, 6.45) is 2.17. The van der Waals surface area contributed by atoms with Gasteiger partial charge >= 0.3 is 0 Å². The fourth-order valence-corrected chi connectivity index (χ4v) is 2.34. The van der Waals surface area contributed by atoms with Gasteiger partial charge in [0.25, 0.3) is 5.91 Å². The smallest absolute Gasteiger partial charge is 0.254 e. The number of amides is 1. The monoisotopic (exact) mass is 282 g/mol. The van der Waals surface area contributed by atoms with Crippen molar-refractivity contribution >= 4 is 23.1 Å². The van der Waals surface area contributed by atoms with Crippen LogP contribution in [0, 0.1) is 16.7 Å². The van der Waals surface area contributed by atoms with Gasteiger partial charge in [0.1, 0.15) is 6.07 Å². The van der Waals surface area contributed by atoms with Gasteiger partial charge in [-0.15, -0.1) is 0 Å². The Hall–Kier alpha value is -2.88. The van der Waals surface area contributed by atoms with Crippen molar-refractivity contribution in [2.24, 2.45) is 10.8 Å². The summed E-state index contributed by atoms with van der Waals surface area (Å²) in [7, 11) is 0. The van der Waals surface area contributed by atoms with Crippen LogP contribution in [0.15, 0.2) is 23.3 Å². The van der Waals surface area contributed by atoms with Gasteiger partial charge in [-0.3, -0.25) is 15.6 Å². The lowest BCUT2D eigenvalue weighted by molar-refractivity contribution is 0.0766. The molecule has 7 nitrogen and oxygen atoms in total. The van der Waals surface area contributed by atoms with Gasteiger partial charge in [0, 0.05) is 18.2 Å². The molecule has 1 fully saturated rings. The van der Waals surface area contributed by atoms with Crippen LogP contribution in [0.5, 0.6) is 0 Å². The molecule has 7 heteroatoms. The number of nitriles is 1. The Kier molecular flexibility index (Phi) is 3.06. The first-order chi connectivity index (χ1) is 10.1. The largest absolute Gasteiger partial charge is 0.382 e. The molecule has 2 aliphatic rings. The highest BCUT2D eigenvalue weighted by Crippen LogP contribution is 2.35. The molecule has 0 bridgehead atoms. The van der Waals surface area contributed by atoms with Crippen LogP contribution in [-0.4, -0.2) is 28.4 Å². The summed E-state index contributed by atoms with van der Waals surface area (Å²) in [6.45, 7) is 0.666. The van der Waals surface area contributed by atoms with Crippen molar-refractivity contribution in [3.63, 3.8) is 0 Å². The number of anilines is 1. The average Bonchev–Trinajstić information content (AvgIpc) is 3.25. The van der Waals surface area contributed by atoms with Crippen LogP contribution in [0.2, 0.25) is 0 Å². The van der Waals surface area contributed by atoms with Crippen LogP contribution in [0.1, 0.15) is 28.8 Å². The number of hydrogen-bond donors (Lipinski definition) is 3. The van der Waals surface area contributed by atoms with Gasteiger partial charge in [-0.2, -0.15) is 10.4 Å². The van der Waals surface area contributed by atoms with E-state index in [1.165, 1.54) is 0 Å². The van der Waals surface area contributed by atoms with Gasteiger partial charge in [-0.25, -0.2) is 0 Å². The Morgan fingerprint density at radius 2 is 2.29 bits per heavy atom. The maximum atomic E-state index is 12.3. The molecule has 1 heterocycles. The normalized spacial score (nSPS) is 17.4. The predicted molar refractivity (Wildman–Crippen MR) is 77.9 cm³/mol. The lowest BCUT2D eigenvalue weighted by atomic mass is 10.1. The maximum Gasteiger partial charge on any atom is 0.254 e. The summed E-state index contributed by atoms with van der Waals surface area (Å²) in [6, 6.07) is 7.51. The zero-order valence-electron chi connectivity index (χ0n) is 11.3. The van der Waals surface area contributed by atoms with Crippen LogP contribution in [0.4, 0.5) is 5.69 Å². The van der Waals surface area contributed by atoms with Crippen LogP contribution < -0.4 is 11.2 Å². The van der Waals surface area contributed by atoms with E-state index >= 15 is 0 Å². The van der Waals surface area contributed by atoms with Gasteiger partial charge in [0.05, 0.1) is 5.69 Å². The molecule has 0 unspecified atom stereocenters. The molecule has 0 atom stereocenters. The molecule has 1 aliphatic carbocycles. The summed E-state index contributed by atoms with van der Waals surface area (Å²) in [5, 5.41) is 19.7. The van der Waals surface area contributed by atoms with E-state index < -0.39 is 5.84 Å². The van der Waals surface area contributed by atoms with Crippen LogP contribution in [-0.2, 0) is 6.54 Å². The third-order valence-electron chi connectivity index (χ3n) is 3.59. The van der Waals surface area contributed by atoms with E-state index in [2.05, 4.69) is 10.5 Å². The minimum Gasteiger partial charge on any atom is -0.382 e. The summed E-state index contributed by atoms with van der Waals surface area (Å²) < 4.78 is 0. The lowest BCUT2D eigenvalue weighted by Gasteiger charge is -2.13. The van der Waals surface area contributed by atoms with E-state index in [9.17, 15) is 4.79 Å². The fourth-order valence-electron chi connectivity index (χ4n) is 2.34. The predicted octanol–water partition coefficient (Wildman–Crippen LogP) is 1.03. The number of amidine groups is 1. The van der Waals surface area contributed by atoms with E-state index in [1.54, 1.807) is 18.2 Å². The third kappa shape index (κ3) is 2.43. The van der Waals surface area contributed by atoms with Crippen LogP contribution in [0.3, 0.4) is 0 Å². The number of hydrazone groups is 1. The summed E-state index contributed by atoms with van der Waals surface area (Å²) in [5.74, 6) is -0.352. The average molecular weight is 282 g/mol. The summed E-state index contributed by atoms with van der Waals surface area (Å²) in [4.78, 5) is 14.2. The van der Waals surface area contributed by atoms with Crippen molar-refractivity contribution in [3.05, 3.63) is 29.3 Å². The fraction of sp³-hybridized carbons (Fsp3) is 0.286. The van der Waals surface area contributed by atoms with Gasteiger partial charge in [0.2, 0.25) is 5.71 Å². The van der Waals surface area contributed by atoms with Crippen molar-refractivity contribution in [1.29, 1.82) is 10.7 Å². The van der Waals surface area contributed by atoms with Crippen LogP contribution >= 0.6 is 0 Å². The highest BCUT2D eigenvalue weighted by Gasteiger charge is 2.38. The standard InChI is InChI=1S/C14H14N6O/c15-6-12(13(16)17)19-18-9-2-1-8-7-20(10-3-4-10)14(21)11(8)5-9/h1-2,5,10,18H,3-4,7H2,(H3,16,17)/b19-12+. The van der Waals surface area contributed by atoms with Crippen LogP contribution in [0.25, 0.3) is 0 Å². The Morgan fingerprint density at radius 3 is 2.90 bits per heavy atom. The molecule has 3 rings (SSSR count). The second-order valence-corrected chi connectivity index (χ2v) is 5.13. The maximum absolute atomic E-state index is 12.3. The number of benzene rings is 1. The molecule has 1 aromatic rings. The highest BCUT2D eigenvalue weighted by atomic mass is 16.2. The molecule has 1 saturated carbocycles. The number of nitrogens with one attached hydrogen (secondary N) is 2. The minimum absolute atomic E-state index is 0.0483. The topological polar surface area (TPSA) is 118 Å². The highest BCUT2D eigenvalue weighted by molar-refractivity contribution is 6.45. The Bertz CT molecular complexity index is 698. The first-order valence-corrected chi connectivity index (χ1v) is 6.62. The molecular formula is C14H14N6O. The van der Waals surface area contributed by atoms with Gasteiger partial charge in [-0.05, 0) is 30.5 Å². The molecule has 106 valence electrons. The number of fused-ring (bicyclic) bond motifs is 1. The SMILES string of the molecule is N#C/C(=N\Nc1ccc2c(c1)C(=O)N(C1CC1)C2)C(=N)N. The number of hydrogen-bond acceptors (Lipinski definition) is 5. The van der Waals surface area contributed by atoms with E-state index in [0.717, 1.165) is 18.4 Å². The van der Waals surface area contributed by atoms with E-state index in [1.807, 2.05) is 11.0 Å². The molecule has 21 heavy (non-hydrogen) atoms. The van der Waals surface area contributed by atoms with Gasteiger partial charge in [0.15, 0.2) is 5.84 Å². The van der Waals surface area contributed by atoms with Gasteiger partial charge < -0.3 is 10.6 Å². The first kappa shape index (κ1) is 13.1. The van der Waals surface area contributed by atoms with E-state index in [4.69, 9.17) is 16.4 Å². The van der Waals surface area contributed by atoms with Crippen molar-refractivity contribution < 1.29 is 4.79 Å². The number of nitrogens with two attached hydrogens (primary N) is 1. The number of carbonyl (C=O) groups is 1. The van der Waals surface area contributed by atoms with E-state index in [0.29, 0.717) is 23.8 Å². The number of nitrogens with zero attached hydrogens (tertiary/aromatic N) is 3. The molecule has 1 aliphatic heterocycles. The molecular weight excluding hydrogens is 268 g/mol. The first-order valence-electron chi connectivity index (χ1n) is 6.62. The summed E-state index contributed by atoms with van der Waals surface area (Å²) >= 11 is 0. The molecule has 0 aromatic heterocycles. The molecule has 0 saturated heterocycles. The van der Waals surface area contributed by atoms with Crippen molar-refractivity contribution in [3.8, 4) is 6.07 Å². The molecule has 1 amide bonds. The molecule has 4 N–H and O–H groups in total. The van der Waals surface area contributed by atoms with Crippen molar-refractivity contribution in [1.82, 2.24) is 4.90 Å².